The average molecular weight is 399 g/mol. The van der Waals surface area contributed by atoms with E-state index in [4.69, 9.17) is 4.74 Å². The predicted octanol–water partition coefficient (Wildman–Crippen LogP) is 3.19. The molecule has 2 aromatic carbocycles. The standard InChI is InChI=1S/C23H21N5O2/c1-30-20-12-6-5-10-18(20)15-25-23(29)22-26-21(14-17-8-3-2-4-9-17)28(27-22)19-11-7-13-24-16-19/h2-13,16H,14-15H2,1H3,(H,25,29). The molecule has 150 valence electrons. The Balaban J connectivity index is 1.59. The molecule has 0 fully saturated rings. The van der Waals surface area contributed by atoms with Gasteiger partial charge in [0.2, 0.25) is 5.82 Å². The van der Waals surface area contributed by atoms with Crippen LogP contribution in [0.15, 0.2) is 79.1 Å². The highest BCUT2D eigenvalue weighted by Crippen LogP contribution is 2.17. The molecule has 1 amide bonds. The molecule has 30 heavy (non-hydrogen) atoms. The van der Waals surface area contributed by atoms with Gasteiger partial charge in [0.15, 0.2) is 0 Å². The molecule has 0 saturated heterocycles. The van der Waals surface area contributed by atoms with Crippen molar-refractivity contribution in [2.75, 3.05) is 7.11 Å². The van der Waals surface area contributed by atoms with E-state index in [9.17, 15) is 4.79 Å². The molecule has 0 bridgehead atoms. The number of aromatic nitrogens is 4. The Hall–Kier alpha value is -4.00. The van der Waals surface area contributed by atoms with Crippen molar-refractivity contribution in [1.29, 1.82) is 0 Å². The van der Waals surface area contributed by atoms with Gasteiger partial charge in [-0.2, -0.15) is 0 Å². The van der Waals surface area contributed by atoms with Crippen LogP contribution in [0.1, 0.15) is 27.6 Å². The smallest absolute Gasteiger partial charge is 0.291 e. The molecule has 0 aliphatic heterocycles. The van der Waals surface area contributed by atoms with Gasteiger partial charge in [0.25, 0.3) is 5.91 Å². The van der Waals surface area contributed by atoms with E-state index in [1.54, 1.807) is 24.2 Å². The highest BCUT2D eigenvalue weighted by molar-refractivity contribution is 5.90. The molecule has 4 aromatic rings. The third-order valence-corrected chi connectivity index (χ3v) is 4.60. The summed E-state index contributed by atoms with van der Waals surface area (Å²) in [6.45, 7) is 0.318. The molecule has 0 atom stereocenters. The molecular weight excluding hydrogens is 378 g/mol. The molecule has 0 aliphatic carbocycles. The van der Waals surface area contributed by atoms with Gasteiger partial charge in [-0.15, -0.1) is 5.10 Å². The maximum Gasteiger partial charge on any atom is 0.291 e. The van der Waals surface area contributed by atoms with Gasteiger partial charge in [-0.05, 0) is 23.8 Å². The molecule has 1 N–H and O–H groups in total. The summed E-state index contributed by atoms with van der Waals surface area (Å²) in [5.74, 6) is 1.14. The Bertz CT molecular complexity index is 1130. The van der Waals surface area contributed by atoms with Gasteiger partial charge in [0.05, 0.1) is 19.0 Å². The minimum atomic E-state index is -0.349. The number of pyridine rings is 1. The Labute approximate surface area is 174 Å². The topological polar surface area (TPSA) is 81.9 Å². The van der Waals surface area contributed by atoms with Gasteiger partial charge in [0.1, 0.15) is 11.6 Å². The second-order valence-corrected chi connectivity index (χ2v) is 6.63. The Morgan fingerprint density at radius 1 is 1.03 bits per heavy atom. The molecule has 0 aliphatic rings. The number of carbonyl (C=O) groups excluding carboxylic acids is 1. The number of amides is 1. The number of ether oxygens (including phenoxy) is 1. The molecule has 2 aromatic heterocycles. The summed E-state index contributed by atoms with van der Waals surface area (Å²) in [6, 6.07) is 21.2. The van der Waals surface area contributed by atoms with Crippen molar-refractivity contribution < 1.29 is 9.53 Å². The highest BCUT2D eigenvalue weighted by Gasteiger charge is 2.18. The lowest BCUT2D eigenvalue weighted by molar-refractivity contribution is 0.0940. The summed E-state index contributed by atoms with van der Waals surface area (Å²) < 4.78 is 7.00. The van der Waals surface area contributed by atoms with Crippen LogP contribution in [0.2, 0.25) is 0 Å². The SMILES string of the molecule is COc1ccccc1CNC(=O)c1nc(Cc2ccccc2)n(-c2cccnc2)n1. The van der Waals surface area contributed by atoms with Crippen LogP contribution in [-0.4, -0.2) is 32.8 Å². The molecule has 0 unspecified atom stereocenters. The van der Waals surface area contributed by atoms with Gasteiger partial charge >= 0.3 is 0 Å². The third kappa shape index (κ3) is 4.35. The number of para-hydroxylation sites is 1. The summed E-state index contributed by atoms with van der Waals surface area (Å²) in [5.41, 5.74) is 2.71. The minimum absolute atomic E-state index is 0.111. The van der Waals surface area contributed by atoms with Crippen molar-refractivity contribution in [3.05, 3.63) is 102 Å². The van der Waals surface area contributed by atoms with Crippen molar-refractivity contribution >= 4 is 5.91 Å². The molecule has 7 nitrogen and oxygen atoms in total. The van der Waals surface area contributed by atoms with Crippen LogP contribution in [0.3, 0.4) is 0 Å². The maximum atomic E-state index is 12.8. The van der Waals surface area contributed by atoms with Crippen molar-refractivity contribution in [3.8, 4) is 11.4 Å². The highest BCUT2D eigenvalue weighted by atomic mass is 16.5. The van der Waals surface area contributed by atoms with Crippen LogP contribution < -0.4 is 10.1 Å². The van der Waals surface area contributed by atoms with Crippen molar-refractivity contribution in [2.45, 2.75) is 13.0 Å². The fourth-order valence-electron chi connectivity index (χ4n) is 3.12. The average Bonchev–Trinajstić information content (AvgIpc) is 3.22. The zero-order valence-electron chi connectivity index (χ0n) is 16.5. The molecule has 0 saturated carbocycles. The number of carbonyl (C=O) groups is 1. The van der Waals surface area contributed by atoms with Crippen LogP contribution in [-0.2, 0) is 13.0 Å². The number of benzene rings is 2. The van der Waals surface area contributed by atoms with E-state index in [0.29, 0.717) is 18.8 Å². The first-order valence-corrected chi connectivity index (χ1v) is 9.55. The first-order chi connectivity index (χ1) is 14.7. The number of nitrogens with one attached hydrogen (secondary N) is 1. The summed E-state index contributed by atoms with van der Waals surface area (Å²) >= 11 is 0. The number of nitrogens with zero attached hydrogens (tertiary/aromatic N) is 4. The van der Waals surface area contributed by atoms with Crippen LogP contribution in [0.25, 0.3) is 5.69 Å². The number of methoxy groups -OCH3 is 1. The van der Waals surface area contributed by atoms with Crippen LogP contribution in [0, 0.1) is 0 Å². The third-order valence-electron chi connectivity index (χ3n) is 4.60. The normalized spacial score (nSPS) is 10.6. The molecule has 0 spiro atoms. The lowest BCUT2D eigenvalue weighted by Gasteiger charge is -2.08. The fourth-order valence-corrected chi connectivity index (χ4v) is 3.12. The number of rotatable bonds is 7. The zero-order chi connectivity index (χ0) is 20.8. The van der Waals surface area contributed by atoms with Crippen molar-refractivity contribution in [3.63, 3.8) is 0 Å². The van der Waals surface area contributed by atoms with E-state index in [2.05, 4.69) is 20.4 Å². The van der Waals surface area contributed by atoms with Crippen LogP contribution in [0.4, 0.5) is 0 Å². The quantitative estimate of drug-likeness (QED) is 0.516. The van der Waals surface area contributed by atoms with E-state index < -0.39 is 0 Å². The van der Waals surface area contributed by atoms with Gasteiger partial charge in [0, 0.05) is 24.7 Å². The van der Waals surface area contributed by atoms with E-state index in [1.807, 2.05) is 66.7 Å². The summed E-state index contributed by atoms with van der Waals surface area (Å²) in [4.78, 5) is 21.4. The van der Waals surface area contributed by atoms with Crippen LogP contribution >= 0.6 is 0 Å². The monoisotopic (exact) mass is 399 g/mol. The van der Waals surface area contributed by atoms with Crippen LogP contribution in [0.5, 0.6) is 5.75 Å². The second-order valence-electron chi connectivity index (χ2n) is 6.63. The van der Waals surface area contributed by atoms with Gasteiger partial charge in [-0.1, -0.05) is 48.5 Å². The van der Waals surface area contributed by atoms with Gasteiger partial charge in [-0.25, -0.2) is 9.67 Å². The molecule has 7 heteroatoms. The summed E-state index contributed by atoms with van der Waals surface area (Å²) in [6.07, 6.45) is 3.93. The zero-order valence-corrected chi connectivity index (χ0v) is 16.5. The Kier molecular flexibility index (Phi) is 5.80. The number of hydrogen-bond donors (Lipinski definition) is 1. The van der Waals surface area contributed by atoms with E-state index in [1.165, 1.54) is 0 Å². The minimum Gasteiger partial charge on any atom is -0.496 e. The van der Waals surface area contributed by atoms with Gasteiger partial charge in [-0.3, -0.25) is 9.78 Å². The summed E-state index contributed by atoms with van der Waals surface area (Å²) in [7, 11) is 1.60. The predicted molar refractivity (Wildman–Crippen MR) is 113 cm³/mol. The number of hydrogen-bond acceptors (Lipinski definition) is 5. The maximum absolute atomic E-state index is 12.8. The molecular formula is C23H21N5O2. The fraction of sp³-hybridized carbons (Fsp3) is 0.130. The van der Waals surface area contributed by atoms with Crippen molar-refractivity contribution in [1.82, 2.24) is 25.1 Å². The van der Waals surface area contributed by atoms with Crippen molar-refractivity contribution in [2.24, 2.45) is 0 Å². The lowest BCUT2D eigenvalue weighted by atomic mass is 10.1. The molecule has 4 rings (SSSR count). The Morgan fingerprint density at radius 2 is 1.83 bits per heavy atom. The largest absolute Gasteiger partial charge is 0.496 e. The molecule has 0 radical (unpaired) electrons. The first-order valence-electron chi connectivity index (χ1n) is 9.55. The second kappa shape index (κ2) is 9.00. The molecule has 2 heterocycles. The van der Waals surface area contributed by atoms with Gasteiger partial charge < -0.3 is 10.1 Å². The Morgan fingerprint density at radius 3 is 2.60 bits per heavy atom. The van der Waals surface area contributed by atoms with E-state index in [0.717, 1.165) is 22.6 Å². The first kappa shape index (κ1) is 19.3. The lowest BCUT2D eigenvalue weighted by Crippen LogP contribution is -2.24. The summed E-state index contributed by atoms with van der Waals surface area (Å²) in [5, 5.41) is 7.33. The van der Waals surface area contributed by atoms with E-state index >= 15 is 0 Å². The van der Waals surface area contributed by atoms with E-state index in [-0.39, 0.29) is 11.7 Å².